The maximum atomic E-state index is 4.21. The van der Waals surface area contributed by atoms with Crippen molar-refractivity contribution in [3.63, 3.8) is 0 Å². The Bertz CT molecular complexity index is 616. The molecule has 0 saturated carbocycles. The highest BCUT2D eigenvalue weighted by Crippen LogP contribution is 2.26. The van der Waals surface area contributed by atoms with E-state index in [9.17, 15) is 0 Å². The Hall–Kier alpha value is -1.04. The van der Waals surface area contributed by atoms with Gasteiger partial charge in [0.15, 0.2) is 0 Å². The fraction of sp³-hybridized carbons (Fsp3) is 0.545. The van der Waals surface area contributed by atoms with Gasteiger partial charge in [-0.1, -0.05) is 68.4 Å². The Morgan fingerprint density at radius 3 is 1.63 bits per heavy atom. The summed E-state index contributed by atoms with van der Waals surface area (Å²) in [6.45, 7) is 19.7. The molecule has 27 heavy (non-hydrogen) atoms. The Labute approximate surface area is 177 Å². The number of thiazole rings is 2. The predicted octanol–water partition coefficient (Wildman–Crippen LogP) is 7.93. The van der Waals surface area contributed by atoms with Gasteiger partial charge in [-0.2, -0.15) is 0 Å². The molecule has 0 spiro atoms. The molecule has 0 bridgehead atoms. The van der Waals surface area contributed by atoms with Crippen LogP contribution in [-0.4, -0.2) is 9.97 Å². The largest absolute Gasteiger partial charge is 0.249 e. The normalized spacial score (nSPS) is 11.9. The van der Waals surface area contributed by atoms with Gasteiger partial charge in [0.1, 0.15) is 0 Å². The zero-order valence-electron chi connectivity index (χ0n) is 18.2. The maximum Gasteiger partial charge on any atom is 0.0978 e. The molecule has 3 aromatic rings. The highest BCUT2D eigenvalue weighted by molar-refractivity contribution is 7.10. The third-order valence-corrected chi connectivity index (χ3v) is 6.62. The van der Waals surface area contributed by atoms with Crippen molar-refractivity contribution in [3.8, 4) is 0 Å². The number of hydrogen-bond donors (Lipinski definition) is 0. The highest BCUT2D eigenvalue weighted by Gasteiger charge is 2.15. The third-order valence-electron chi connectivity index (χ3n) is 3.54. The van der Waals surface area contributed by atoms with Crippen molar-refractivity contribution < 1.29 is 0 Å². The summed E-state index contributed by atoms with van der Waals surface area (Å²) < 4.78 is 0. The quantitative estimate of drug-likeness (QED) is 0.367. The second-order valence-corrected chi connectivity index (χ2v) is 12.0. The molecule has 2 nitrogen and oxygen atoms in total. The van der Waals surface area contributed by atoms with E-state index >= 15 is 0 Å². The lowest BCUT2D eigenvalue weighted by Crippen LogP contribution is -2.10. The molecular weight excluding hydrogens is 388 g/mol. The van der Waals surface area contributed by atoms with Crippen molar-refractivity contribution in [3.05, 3.63) is 55.6 Å². The van der Waals surface area contributed by atoms with Gasteiger partial charge in [-0.05, 0) is 16.9 Å². The topological polar surface area (TPSA) is 25.8 Å². The molecule has 3 rings (SSSR count). The minimum atomic E-state index is 0.222. The van der Waals surface area contributed by atoms with Crippen molar-refractivity contribution in [2.75, 3.05) is 0 Å². The standard InChI is InChI=1S/C8H12S.2C7H11NS/c1-8(2,3)7-5-4-6-9-7;1-7(2,3)6-4-9-5-8-6;1-7(2,3)6-8-4-5-9-6/h4-6H,1-3H3;2*4-5H,1-3H3. The second-order valence-electron chi connectivity index (χ2n) is 9.44. The molecule has 0 radical (unpaired) electrons. The number of thiophene rings is 1. The minimum Gasteiger partial charge on any atom is -0.249 e. The van der Waals surface area contributed by atoms with Crippen LogP contribution in [0.1, 0.15) is 77.9 Å². The van der Waals surface area contributed by atoms with E-state index in [-0.39, 0.29) is 10.8 Å². The van der Waals surface area contributed by atoms with Gasteiger partial charge in [0.25, 0.3) is 0 Å². The molecular formula is C22H34N2S3. The van der Waals surface area contributed by atoms with Gasteiger partial charge in [0.05, 0.1) is 16.2 Å². The first kappa shape index (κ1) is 24.0. The van der Waals surface area contributed by atoms with Gasteiger partial charge in [-0.15, -0.1) is 34.0 Å². The van der Waals surface area contributed by atoms with Crippen molar-refractivity contribution in [1.29, 1.82) is 0 Å². The molecule has 0 N–H and O–H groups in total. The summed E-state index contributed by atoms with van der Waals surface area (Å²) >= 11 is 5.20. The predicted molar refractivity (Wildman–Crippen MR) is 125 cm³/mol. The number of nitrogens with zero attached hydrogens (tertiary/aromatic N) is 2. The molecule has 0 aromatic carbocycles. The Balaban J connectivity index is 0.000000202. The molecule has 0 fully saturated rings. The van der Waals surface area contributed by atoms with Crippen molar-refractivity contribution in [2.24, 2.45) is 0 Å². The van der Waals surface area contributed by atoms with Crippen LogP contribution >= 0.6 is 34.0 Å². The van der Waals surface area contributed by atoms with Gasteiger partial charge < -0.3 is 0 Å². The first-order valence-corrected chi connectivity index (χ1v) is 11.8. The first-order chi connectivity index (χ1) is 12.3. The smallest absolute Gasteiger partial charge is 0.0978 e. The van der Waals surface area contributed by atoms with E-state index in [0.29, 0.717) is 5.41 Å². The summed E-state index contributed by atoms with van der Waals surface area (Å²) in [6, 6.07) is 4.29. The van der Waals surface area contributed by atoms with Crippen LogP contribution < -0.4 is 0 Å². The molecule has 0 aliphatic rings. The van der Waals surface area contributed by atoms with Crippen LogP contribution in [0.15, 0.2) is 40.0 Å². The van der Waals surface area contributed by atoms with E-state index in [1.165, 1.54) is 15.6 Å². The summed E-state index contributed by atoms with van der Waals surface area (Å²) in [5.41, 5.74) is 3.86. The van der Waals surface area contributed by atoms with E-state index in [1.807, 2.05) is 28.4 Å². The lowest BCUT2D eigenvalue weighted by molar-refractivity contribution is 0.573. The maximum absolute atomic E-state index is 4.21. The molecule has 5 heteroatoms. The average Bonchev–Trinajstić information content (AvgIpc) is 3.28. The van der Waals surface area contributed by atoms with E-state index < -0.39 is 0 Å². The van der Waals surface area contributed by atoms with E-state index in [0.717, 1.165) is 0 Å². The van der Waals surface area contributed by atoms with E-state index in [4.69, 9.17) is 0 Å². The Morgan fingerprint density at radius 2 is 1.41 bits per heavy atom. The minimum absolute atomic E-state index is 0.222. The van der Waals surface area contributed by atoms with Crippen LogP contribution in [0.3, 0.4) is 0 Å². The molecule has 0 saturated heterocycles. The van der Waals surface area contributed by atoms with E-state index in [2.05, 4.69) is 95.2 Å². The van der Waals surface area contributed by atoms with Crippen LogP contribution in [0.5, 0.6) is 0 Å². The molecule has 150 valence electrons. The number of aromatic nitrogens is 2. The van der Waals surface area contributed by atoms with Crippen LogP contribution in [0, 0.1) is 0 Å². The van der Waals surface area contributed by atoms with Crippen LogP contribution in [0.2, 0.25) is 0 Å². The highest BCUT2D eigenvalue weighted by atomic mass is 32.1. The third kappa shape index (κ3) is 9.13. The van der Waals surface area contributed by atoms with Crippen LogP contribution in [0.4, 0.5) is 0 Å². The summed E-state index contributed by atoms with van der Waals surface area (Å²) in [5, 5.41) is 7.45. The SMILES string of the molecule is CC(C)(C)c1cccs1.CC(C)(C)c1cscn1.CC(C)(C)c1nccs1. The first-order valence-electron chi connectivity index (χ1n) is 9.14. The molecule has 0 unspecified atom stereocenters. The lowest BCUT2D eigenvalue weighted by Gasteiger charge is -2.14. The fourth-order valence-electron chi connectivity index (χ4n) is 1.88. The fourth-order valence-corrected chi connectivity index (χ4v) is 4.20. The second kappa shape index (κ2) is 9.94. The molecule has 3 heterocycles. The summed E-state index contributed by atoms with van der Waals surface area (Å²) in [7, 11) is 0. The molecule has 0 aliphatic carbocycles. The zero-order chi connectivity index (χ0) is 20.7. The molecule has 3 aromatic heterocycles. The van der Waals surface area contributed by atoms with Crippen molar-refractivity contribution in [1.82, 2.24) is 9.97 Å². The van der Waals surface area contributed by atoms with Gasteiger partial charge in [0, 0.05) is 32.7 Å². The summed E-state index contributed by atoms with van der Waals surface area (Å²) in [4.78, 5) is 9.87. The molecule has 0 atom stereocenters. The van der Waals surface area contributed by atoms with Crippen molar-refractivity contribution in [2.45, 2.75) is 78.6 Å². The zero-order valence-corrected chi connectivity index (χ0v) is 20.6. The Kier molecular flexibility index (Phi) is 8.84. The number of rotatable bonds is 0. The van der Waals surface area contributed by atoms with Crippen molar-refractivity contribution >= 4 is 34.0 Å². The Morgan fingerprint density at radius 1 is 0.741 bits per heavy atom. The average molecular weight is 423 g/mol. The number of hydrogen-bond acceptors (Lipinski definition) is 5. The monoisotopic (exact) mass is 422 g/mol. The molecule has 0 amide bonds. The van der Waals surface area contributed by atoms with Crippen LogP contribution in [-0.2, 0) is 16.2 Å². The van der Waals surface area contributed by atoms with Gasteiger partial charge >= 0.3 is 0 Å². The van der Waals surface area contributed by atoms with Crippen LogP contribution in [0.25, 0.3) is 0 Å². The lowest BCUT2D eigenvalue weighted by atomic mass is 9.93. The molecule has 0 aliphatic heterocycles. The summed E-state index contributed by atoms with van der Waals surface area (Å²) in [6.07, 6.45) is 1.85. The summed E-state index contributed by atoms with van der Waals surface area (Å²) in [5.74, 6) is 0. The van der Waals surface area contributed by atoms with Gasteiger partial charge in [0.2, 0.25) is 0 Å². The van der Waals surface area contributed by atoms with E-state index in [1.54, 1.807) is 22.7 Å². The van der Waals surface area contributed by atoms with Gasteiger partial charge in [-0.3, -0.25) is 0 Å². The van der Waals surface area contributed by atoms with Gasteiger partial charge in [-0.25, -0.2) is 9.97 Å².